The van der Waals surface area contributed by atoms with Gasteiger partial charge in [0.2, 0.25) is 0 Å². The van der Waals surface area contributed by atoms with Crippen molar-refractivity contribution in [1.82, 2.24) is 0 Å². The van der Waals surface area contributed by atoms with Crippen molar-refractivity contribution < 1.29 is 19.4 Å². The highest BCUT2D eigenvalue weighted by molar-refractivity contribution is 6.22. The number of cyclic esters (lactones) is 1. The molecule has 0 bridgehead atoms. The maximum absolute atomic E-state index is 12.6. The molecular formula is C24H25NO4. The Bertz CT molecular complexity index is 912. The number of hydrogen-bond acceptors (Lipinski definition) is 4. The minimum Gasteiger partial charge on any atom is -0.507 e. The molecule has 2 aromatic carbocycles. The summed E-state index contributed by atoms with van der Waals surface area (Å²) in [4.78, 5) is 24.8. The van der Waals surface area contributed by atoms with Crippen LogP contribution in [0, 0.1) is 0 Å². The summed E-state index contributed by atoms with van der Waals surface area (Å²) < 4.78 is 5.22. The van der Waals surface area contributed by atoms with E-state index in [1.54, 1.807) is 0 Å². The van der Waals surface area contributed by atoms with Gasteiger partial charge in [-0.3, -0.25) is 4.79 Å². The SMILES string of the molecule is O=C(Nc1ccc(C2CCCCC2)cc1)C1=C(O)C(Cc2ccccc2)OC1=O. The molecule has 0 saturated heterocycles. The van der Waals surface area contributed by atoms with Crippen LogP contribution in [0.25, 0.3) is 0 Å². The molecule has 0 aromatic heterocycles. The fourth-order valence-corrected chi connectivity index (χ4v) is 4.15. The Morgan fingerprint density at radius 1 is 1.00 bits per heavy atom. The van der Waals surface area contributed by atoms with Crippen LogP contribution in [0.1, 0.15) is 49.1 Å². The van der Waals surface area contributed by atoms with Crippen LogP contribution in [0.15, 0.2) is 65.9 Å². The lowest BCUT2D eigenvalue weighted by Gasteiger charge is -2.22. The van der Waals surface area contributed by atoms with Crippen molar-refractivity contribution in [3.8, 4) is 0 Å². The highest BCUT2D eigenvalue weighted by Gasteiger charge is 2.38. The first-order valence-corrected chi connectivity index (χ1v) is 10.2. The van der Waals surface area contributed by atoms with Gasteiger partial charge in [-0.1, -0.05) is 61.7 Å². The summed E-state index contributed by atoms with van der Waals surface area (Å²) in [5, 5.41) is 13.1. The highest BCUT2D eigenvalue weighted by Crippen LogP contribution is 2.33. The van der Waals surface area contributed by atoms with E-state index >= 15 is 0 Å². The molecule has 1 fully saturated rings. The third-order valence-corrected chi connectivity index (χ3v) is 5.75. The van der Waals surface area contributed by atoms with E-state index in [0.29, 0.717) is 18.0 Å². The normalized spacial score (nSPS) is 19.9. The monoisotopic (exact) mass is 391 g/mol. The molecule has 29 heavy (non-hydrogen) atoms. The predicted octanol–water partition coefficient (Wildman–Crippen LogP) is 4.65. The summed E-state index contributed by atoms with van der Waals surface area (Å²) in [6.07, 6.45) is 5.75. The number of carbonyl (C=O) groups excluding carboxylic acids is 2. The van der Waals surface area contributed by atoms with E-state index in [0.717, 1.165) is 5.56 Å². The smallest absolute Gasteiger partial charge is 0.348 e. The number of rotatable bonds is 5. The van der Waals surface area contributed by atoms with Crippen molar-refractivity contribution in [3.05, 3.63) is 77.1 Å². The van der Waals surface area contributed by atoms with Gasteiger partial charge in [0.1, 0.15) is 0 Å². The predicted molar refractivity (Wildman–Crippen MR) is 111 cm³/mol. The van der Waals surface area contributed by atoms with Crippen LogP contribution < -0.4 is 5.32 Å². The number of nitrogens with one attached hydrogen (secondary N) is 1. The van der Waals surface area contributed by atoms with E-state index in [9.17, 15) is 14.7 Å². The maximum Gasteiger partial charge on any atom is 0.348 e. The van der Waals surface area contributed by atoms with Crippen molar-refractivity contribution in [3.63, 3.8) is 0 Å². The quantitative estimate of drug-likeness (QED) is 0.574. The summed E-state index contributed by atoms with van der Waals surface area (Å²) in [6, 6.07) is 17.2. The Labute approximate surface area is 170 Å². The van der Waals surface area contributed by atoms with Gasteiger partial charge in [-0.15, -0.1) is 0 Å². The van der Waals surface area contributed by atoms with Gasteiger partial charge in [0.15, 0.2) is 17.4 Å². The van der Waals surface area contributed by atoms with E-state index in [1.165, 1.54) is 37.7 Å². The van der Waals surface area contributed by atoms with Crippen LogP contribution in [0.2, 0.25) is 0 Å². The van der Waals surface area contributed by atoms with E-state index in [-0.39, 0.29) is 11.3 Å². The van der Waals surface area contributed by atoms with Gasteiger partial charge in [-0.25, -0.2) is 4.79 Å². The molecule has 1 aliphatic carbocycles. The number of amides is 1. The van der Waals surface area contributed by atoms with Crippen LogP contribution >= 0.6 is 0 Å². The van der Waals surface area contributed by atoms with Gasteiger partial charge in [-0.05, 0) is 42.0 Å². The molecule has 1 amide bonds. The van der Waals surface area contributed by atoms with Crippen LogP contribution in [0.5, 0.6) is 0 Å². The molecule has 5 nitrogen and oxygen atoms in total. The molecule has 2 aliphatic rings. The first-order valence-electron chi connectivity index (χ1n) is 10.2. The fourth-order valence-electron chi connectivity index (χ4n) is 4.15. The summed E-state index contributed by atoms with van der Waals surface area (Å²) >= 11 is 0. The number of carbonyl (C=O) groups is 2. The molecule has 1 atom stereocenters. The van der Waals surface area contributed by atoms with Gasteiger partial charge < -0.3 is 15.2 Å². The van der Waals surface area contributed by atoms with Crippen LogP contribution in [-0.2, 0) is 20.7 Å². The van der Waals surface area contributed by atoms with E-state index in [1.807, 2.05) is 54.6 Å². The zero-order valence-electron chi connectivity index (χ0n) is 16.3. The van der Waals surface area contributed by atoms with Crippen LogP contribution in [-0.4, -0.2) is 23.1 Å². The Kier molecular flexibility index (Phi) is 5.65. The van der Waals surface area contributed by atoms with Crippen molar-refractivity contribution in [2.24, 2.45) is 0 Å². The highest BCUT2D eigenvalue weighted by atomic mass is 16.6. The molecule has 0 spiro atoms. The molecule has 0 radical (unpaired) electrons. The zero-order valence-corrected chi connectivity index (χ0v) is 16.3. The molecular weight excluding hydrogens is 366 g/mol. The maximum atomic E-state index is 12.6. The third-order valence-electron chi connectivity index (χ3n) is 5.75. The summed E-state index contributed by atoms with van der Waals surface area (Å²) in [5.41, 5.74) is 2.47. The van der Waals surface area contributed by atoms with Gasteiger partial charge in [0.25, 0.3) is 5.91 Å². The molecule has 5 heteroatoms. The van der Waals surface area contributed by atoms with E-state index in [4.69, 9.17) is 4.74 Å². The minimum atomic E-state index is -0.834. The first kappa shape index (κ1) is 19.2. The average Bonchev–Trinajstić information content (AvgIpc) is 3.03. The standard InChI is InChI=1S/C24H25NO4/c26-22-20(15-16-7-3-1-4-8-16)29-24(28)21(22)23(27)25-19-13-11-18(12-14-19)17-9-5-2-6-10-17/h1,3-4,7-8,11-14,17,20,26H,2,5-6,9-10,15H2,(H,25,27). The first-order chi connectivity index (χ1) is 14.1. The Balaban J connectivity index is 1.43. The van der Waals surface area contributed by atoms with Gasteiger partial charge in [-0.2, -0.15) is 0 Å². The molecule has 1 unspecified atom stereocenters. The Morgan fingerprint density at radius 3 is 2.38 bits per heavy atom. The lowest BCUT2D eigenvalue weighted by atomic mass is 9.84. The Morgan fingerprint density at radius 2 is 1.69 bits per heavy atom. The van der Waals surface area contributed by atoms with Gasteiger partial charge >= 0.3 is 5.97 Å². The second kappa shape index (κ2) is 8.52. The second-order valence-corrected chi connectivity index (χ2v) is 7.75. The van der Waals surface area contributed by atoms with Crippen molar-refractivity contribution in [2.45, 2.75) is 50.5 Å². The summed E-state index contributed by atoms with van der Waals surface area (Å²) in [7, 11) is 0. The topological polar surface area (TPSA) is 75.6 Å². The molecule has 1 aliphatic heterocycles. The molecule has 2 aromatic rings. The Hall–Kier alpha value is -3.08. The third kappa shape index (κ3) is 4.34. The minimum absolute atomic E-state index is 0.310. The number of esters is 1. The van der Waals surface area contributed by atoms with Crippen molar-refractivity contribution >= 4 is 17.6 Å². The fraction of sp³-hybridized carbons (Fsp3) is 0.333. The van der Waals surface area contributed by atoms with Crippen molar-refractivity contribution in [1.29, 1.82) is 0 Å². The largest absolute Gasteiger partial charge is 0.507 e. The molecule has 150 valence electrons. The van der Waals surface area contributed by atoms with Gasteiger partial charge in [0.05, 0.1) is 0 Å². The molecule has 2 N–H and O–H groups in total. The van der Waals surface area contributed by atoms with Gasteiger partial charge in [0, 0.05) is 12.1 Å². The lowest BCUT2D eigenvalue weighted by Crippen LogP contribution is -2.19. The molecule has 1 heterocycles. The molecule has 4 rings (SSSR count). The summed E-state index contributed by atoms with van der Waals surface area (Å²) in [6.45, 7) is 0. The van der Waals surface area contributed by atoms with Crippen LogP contribution in [0.3, 0.4) is 0 Å². The number of aliphatic hydroxyl groups excluding tert-OH is 1. The number of hydrogen-bond donors (Lipinski definition) is 2. The zero-order chi connectivity index (χ0) is 20.2. The number of ether oxygens (including phenoxy) is 1. The van der Waals surface area contributed by atoms with E-state index < -0.39 is 18.0 Å². The number of benzene rings is 2. The van der Waals surface area contributed by atoms with E-state index in [2.05, 4.69) is 5.32 Å². The second-order valence-electron chi connectivity index (χ2n) is 7.75. The molecule has 1 saturated carbocycles. The summed E-state index contributed by atoms with van der Waals surface area (Å²) in [5.74, 6) is -1.16. The number of anilines is 1. The average molecular weight is 391 g/mol. The lowest BCUT2D eigenvalue weighted by molar-refractivity contribution is -0.140. The van der Waals surface area contributed by atoms with Crippen molar-refractivity contribution in [2.75, 3.05) is 5.32 Å². The number of aliphatic hydroxyl groups is 1. The van der Waals surface area contributed by atoms with Crippen LogP contribution in [0.4, 0.5) is 5.69 Å².